The van der Waals surface area contributed by atoms with Crippen LogP contribution in [0.5, 0.6) is 0 Å². The van der Waals surface area contributed by atoms with Gasteiger partial charge in [0.15, 0.2) is 0 Å². The van der Waals surface area contributed by atoms with Crippen molar-refractivity contribution in [3.05, 3.63) is 29.3 Å². The summed E-state index contributed by atoms with van der Waals surface area (Å²) in [6, 6.07) is 5.66. The van der Waals surface area contributed by atoms with E-state index in [1.807, 2.05) is 25.1 Å². The smallest absolute Gasteiger partial charge is 0.251 e. The first-order valence-corrected chi connectivity index (χ1v) is 6.19. The van der Waals surface area contributed by atoms with E-state index in [1.54, 1.807) is 0 Å². The summed E-state index contributed by atoms with van der Waals surface area (Å²) >= 11 is 4.25. The Morgan fingerprint density at radius 2 is 2.25 bits per heavy atom. The van der Waals surface area contributed by atoms with Crippen LogP contribution in [-0.4, -0.2) is 12.5 Å². The molecule has 1 aliphatic carbocycles. The van der Waals surface area contributed by atoms with Crippen LogP contribution in [0, 0.1) is 12.8 Å². The third kappa shape index (κ3) is 3.01. The zero-order valence-electron chi connectivity index (χ0n) is 9.49. The fraction of sp³-hybridized carbons (Fsp3) is 0.462. The predicted molar refractivity (Wildman–Crippen MR) is 68.1 cm³/mol. The Labute approximate surface area is 102 Å². The van der Waals surface area contributed by atoms with Crippen molar-refractivity contribution in [3.63, 3.8) is 0 Å². The third-order valence-electron chi connectivity index (χ3n) is 3.00. The minimum atomic E-state index is 0.0223. The lowest BCUT2D eigenvalue weighted by Crippen LogP contribution is -2.25. The molecule has 3 heteroatoms. The summed E-state index contributed by atoms with van der Waals surface area (Å²) in [6.45, 7) is 2.74. The summed E-state index contributed by atoms with van der Waals surface area (Å²) in [7, 11) is 0. The number of nitrogens with one attached hydrogen (secondary N) is 1. The van der Waals surface area contributed by atoms with Gasteiger partial charge < -0.3 is 5.32 Å². The van der Waals surface area contributed by atoms with Crippen molar-refractivity contribution >= 4 is 18.5 Å². The molecule has 1 aromatic carbocycles. The van der Waals surface area contributed by atoms with Gasteiger partial charge in [0, 0.05) is 17.0 Å². The highest BCUT2D eigenvalue weighted by atomic mass is 32.1. The van der Waals surface area contributed by atoms with Gasteiger partial charge in [-0.25, -0.2) is 0 Å². The number of carbonyl (C=O) groups is 1. The van der Waals surface area contributed by atoms with Crippen LogP contribution in [0.2, 0.25) is 0 Å². The quantitative estimate of drug-likeness (QED) is 0.772. The Kier molecular flexibility index (Phi) is 3.54. The topological polar surface area (TPSA) is 29.1 Å². The lowest BCUT2D eigenvalue weighted by molar-refractivity contribution is 0.0952. The SMILES string of the molecule is Cc1ccc(S)cc1C(=O)NCCC1CC1. The number of rotatable bonds is 4. The maximum atomic E-state index is 11.9. The number of aryl methyl sites for hydroxylation is 1. The molecule has 1 fully saturated rings. The number of hydrogen-bond acceptors (Lipinski definition) is 2. The van der Waals surface area contributed by atoms with E-state index < -0.39 is 0 Å². The van der Waals surface area contributed by atoms with Crippen molar-refractivity contribution in [2.24, 2.45) is 5.92 Å². The molecule has 0 spiro atoms. The summed E-state index contributed by atoms with van der Waals surface area (Å²) in [6.07, 6.45) is 3.79. The molecule has 0 saturated heterocycles. The molecule has 1 aliphatic rings. The number of hydrogen-bond donors (Lipinski definition) is 2. The second kappa shape index (κ2) is 4.91. The predicted octanol–water partition coefficient (Wildman–Crippen LogP) is 2.81. The molecule has 1 aromatic rings. The van der Waals surface area contributed by atoms with Crippen molar-refractivity contribution < 1.29 is 4.79 Å². The number of benzene rings is 1. The zero-order chi connectivity index (χ0) is 11.5. The molecule has 1 amide bonds. The highest BCUT2D eigenvalue weighted by Gasteiger charge is 2.20. The van der Waals surface area contributed by atoms with Crippen LogP contribution >= 0.6 is 12.6 Å². The van der Waals surface area contributed by atoms with Gasteiger partial charge in [-0.3, -0.25) is 4.79 Å². The fourth-order valence-electron chi connectivity index (χ4n) is 1.75. The van der Waals surface area contributed by atoms with Crippen LogP contribution in [0.3, 0.4) is 0 Å². The van der Waals surface area contributed by atoms with E-state index in [4.69, 9.17) is 0 Å². The minimum absolute atomic E-state index is 0.0223. The van der Waals surface area contributed by atoms with Crippen LogP contribution in [-0.2, 0) is 0 Å². The molecular weight excluding hydrogens is 218 g/mol. The molecular formula is C13H17NOS. The average molecular weight is 235 g/mol. The van der Waals surface area contributed by atoms with Crippen molar-refractivity contribution in [2.45, 2.75) is 31.1 Å². The van der Waals surface area contributed by atoms with Crippen molar-refractivity contribution in [2.75, 3.05) is 6.54 Å². The van der Waals surface area contributed by atoms with E-state index in [-0.39, 0.29) is 5.91 Å². The Balaban J connectivity index is 1.93. The molecule has 0 atom stereocenters. The van der Waals surface area contributed by atoms with Gasteiger partial charge in [0.2, 0.25) is 0 Å². The van der Waals surface area contributed by atoms with E-state index in [0.717, 1.165) is 34.9 Å². The van der Waals surface area contributed by atoms with Crippen molar-refractivity contribution in [1.82, 2.24) is 5.32 Å². The molecule has 16 heavy (non-hydrogen) atoms. The van der Waals surface area contributed by atoms with Crippen LogP contribution < -0.4 is 5.32 Å². The summed E-state index contributed by atoms with van der Waals surface area (Å²) in [5.41, 5.74) is 1.74. The molecule has 0 aromatic heterocycles. The summed E-state index contributed by atoms with van der Waals surface area (Å²) < 4.78 is 0. The van der Waals surface area contributed by atoms with Gasteiger partial charge >= 0.3 is 0 Å². The van der Waals surface area contributed by atoms with E-state index in [1.165, 1.54) is 12.8 Å². The van der Waals surface area contributed by atoms with E-state index in [0.29, 0.717) is 0 Å². The molecule has 86 valence electrons. The number of thiol groups is 1. The standard InChI is InChI=1S/C13H17NOS/c1-9-2-5-11(16)8-12(9)13(15)14-7-6-10-3-4-10/h2,5,8,10,16H,3-4,6-7H2,1H3,(H,14,15). The molecule has 0 heterocycles. The molecule has 1 saturated carbocycles. The highest BCUT2D eigenvalue weighted by Crippen LogP contribution is 2.31. The number of carbonyl (C=O) groups excluding carboxylic acids is 1. The number of amides is 1. The third-order valence-corrected chi connectivity index (χ3v) is 3.28. The van der Waals surface area contributed by atoms with Gasteiger partial charge in [0.1, 0.15) is 0 Å². The molecule has 1 N–H and O–H groups in total. The van der Waals surface area contributed by atoms with E-state index in [9.17, 15) is 4.79 Å². The average Bonchev–Trinajstić information content (AvgIpc) is 3.05. The van der Waals surface area contributed by atoms with Crippen molar-refractivity contribution in [3.8, 4) is 0 Å². The maximum absolute atomic E-state index is 11.9. The van der Waals surface area contributed by atoms with Crippen LogP contribution in [0.1, 0.15) is 35.2 Å². The molecule has 0 bridgehead atoms. The van der Waals surface area contributed by atoms with Gasteiger partial charge in [0.05, 0.1) is 0 Å². The molecule has 2 rings (SSSR count). The first-order valence-electron chi connectivity index (χ1n) is 5.74. The Morgan fingerprint density at radius 3 is 2.94 bits per heavy atom. The largest absolute Gasteiger partial charge is 0.352 e. The maximum Gasteiger partial charge on any atom is 0.251 e. The second-order valence-electron chi connectivity index (χ2n) is 4.49. The second-order valence-corrected chi connectivity index (χ2v) is 5.00. The minimum Gasteiger partial charge on any atom is -0.352 e. The van der Waals surface area contributed by atoms with Gasteiger partial charge in [-0.2, -0.15) is 0 Å². The van der Waals surface area contributed by atoms with Crippen LogP contribution in [0.15, 0.2) is 23.1 Å². The van der Waals surface area contributed by atoms with E-state index >= 15 is 0 Å². The summed E-state index contributed by atoms with van der Waals surface area (Å²) in [4.78, 5) is 12.7. The normalized spacial score (nSPS) is 14.9. The Hall–Kier alpha value is -0.960. The lowest BCUT2D eigenvalue weighted by atomic mass is 10.1. The monoisotopic (exact) mass is 235 g/mol. The Morgan fingerprint density at radius 1 is 1.50 bits per heavy atom. The van der Waals surface area contributed by atoms with Crippen molar-refractivity contribution in [1.29, 1.82) is 0 Å². The molecule has 0 unspecified atom stereocenters. The molecule has 2 nitrogen and oxygen atoms in total. The first-order chi connectivity index (χ1) is 7.66. The van der Waals surface area contributed by atoms with Crippen LogP contribution in [0.4, 0.5) is 0 Å². The van der Waals surface area contributed by atoms with Gasteiger partial charge in [0.25, 0.3) is 5.91 Å². The van der Waals surface area contributed by atoms with Gasteiger partial charge in [-0.05, 0) is 37.0 Å². The fourth-order valence-corrected chi connectivity index (χ4v) is 1.95. The lowest BCUT2D eigenvalue weighted by Gasteiger charge is -2.07. The van der Waals surface area contributed by atoms with Gasteiger partial charge in [-0.1, -0.05) is 18.9 Å². The van der Waals surface area contributed by atoms with Gasteiger partial charge in [-0.15, -0.1) is 12.6 Å². The first kappa shape index (κ1) is 11.5. The molecule has 0 aliphatic heterocycles. The zero-order valence-corrected chi connectivity index (χ0v) is 10.4. The Bertz CT molecular complexity index is 399. The molecule has 0 radical (unpaired) electrons. The summed E-state index contributed by atoms with van der Waals surface area (Å²) in [5.74, 6) is 0.881. The highest BCUT2D eigenvalue weighted by molar-refractivity contribution is 7.80. The van der Waals surface area contributed by atoms with E-state index in [2.05, 4.69) is 17.9 Å². The summed E-state index contributed by atoms with van der Waals surface area (Å²) in [5, 5.41) is 2.97. The van der Waals surface area contributed by atoms with Crippen LogP contribution in [0.25, 0.3) is 0 Å².